The maximum Gasteiger partial charge on any atom is 0.124 e. The van der Waals surface area contributed by atoms with Gasteiger partial charge >= 0.3 is 0 Å². The molecule has 0 radical (unpaired) electrons. The van der Waals surface area contributed by atoms with Crippen LogP contribution in [0.3, 0.4) is 0 Å². The van der Waals surface area contributed by atoms with Crippen LogP contribution < -0.4 is 5.73 Å². The number of halogens is 2. The Kier molecular flexibility index (Phi) is 4.17. The highest BCUT2D eigenvalue weighted by Gasteiger charge is 2.29. The molecule has 0 bridgehead atoms. The quantitative estimate of drug-likeness (QED) is 0.932. The van der Waals surface area contributed by atoms with Gasteiger partial charge in [-0.3, -0.25) is 0 Å². The zero-order chi connectivity index (χ0) is 12.4. The Bertz CT molecular complexity index is 379. The summed E-state index contributed by atoms with van der Waals surface area (Å²) in [6.07, 6.45) is 1.80. The second kappa shape index (κ2) is 5.46. The predicted molar refractivity (Wildman–Crippen MR) is 69.3 cm³/mol. The Morgan fingerprint density at radius 1 is 1.53 bits per heavy atom. The van der Waals surface area contributed by atoms with Crippen LogP contribution in [0.25, 0.3) is 0 Å². The first-order valence-corrected chi connectivity index (χ1v) is 6.67. The van der Waals surface area contributed by atoms with Crippen LogP contribution in [0.15, 0.2) is 22.7 Å². The van der Waals surface area contributed by atoms with Crippen LogP contribution in [0.1, 0.15) is 18.9 Å². The van der Waals surface area contributed by atoms with Gasteiger partial charge in [0.05, 0.1) is 6.10 Å². The number of ether oxygens (including phenoxy) is 1. The average molecular weight is 302 g/mol. The van der Waals surface area contributed by atoms with E-state index in [9.17, 15) is 4.39 Å². The number of nitrogens with two attached hydrogens (primary N) is 1. The van der Waals surface area contributed by atoms with Gasteiger partial charge in [-0.2, -0.15) is 0 Å². The fraction of sp³-hybridized carbons (Fsp3) is 0.538. The van der Waals surface area contributed by atoms with E-state index in [-0.39, 0.29) is 18.0 Å². The SMILES string of the molecule is CC1CCOC1C(N)Cc1cc(F)cc(Br)c1. The van der Waals surface area contributed by atoms with Crippen LogP contribution in [0.2, 0.25) is 0 Å². The molecule has 0 saturated carbocycles. The molecule has 1 aromatic carbocycles. The van der Waals surface area contributed by atoms with Crippen LogP contribution in [-0.4, -0.2) is 18.8 Å². The van der Waals surface area contributed by atoms with Crippen molar-refractivity contribution in [3.05, 3.63) is 34.1 Å². The lowest BCUT2D eigenvalue weighted by Gasteiger charge is -2.22. The van der Waals surface area contributed by atoms with Crippen LogP contribution >= 0.6 is 15.9 Å². The smallest absolute Gasteiger partial charge is 0.124 e. The van der Waals surface area contributed by atoms with E-state index in [0.29, 0.717) is 12.3 Å². The summed E-state index contributed by atoms with van der Waals surface area (Å²) in [5.41, 5.74) is 7.05. The second-order valence-corrected chi connectivity index (χ2v) is 5.66. The van der Waals surface area contributed by atoms with Gasteiger partial charge in [-0.25, -0.2) is 4.39 Å². The van der Waals surface area contributed by atoms with Gasteiger partial charge in [-0.05, 0) is 42.5 Å². The summed E-state index contributed by atoms with van der Waals surface area (Å²) in [6, 6.07) is 4.82. The summed E-state index contributed by atoms with van der Waals surface area (Å²) < 4.78 is 19.6. The molecule has 1 fully saturated rings. The molecule has 3 atom stereocenters. The van der Waals surface area contributed by atoms with E-state index in [1.54, 1.807) is 0 Å². The number of rotatable bonds is 3. The van der Waals surface area contributed by atoms with Crippen LogP contribution in [0, 0.1) is 11.7 Å². The summed E-state index contributed by atoms with van der Waals surface area (Å²) in [6.45, 7) is 2.94. The summed E-state index contributed by atoms with van der Waals surface area (Å²) >= 11 is 3.29. The Hall–Kier alpha value is -0.450. The first kappa shape index (κ1) is 13.0. The van der Waals surface area contributed by atoms with E-state index in [0.717, 1.165) is 23.1 Å². The first-order chi connectivity index (χ1) is 8.06. The molecule has 2 nitrogen and oxygen atoms in total. The van der Waals surface area contributed by atoms with Crippen LogP contribution in [0.4, 0.5) is 4.39 Å². The molecule has 0 aromatic heterocycles. The van der Waals surface area contributed by atoms with Crippen molar-refractivity contribution in [1.82, 2.24) is 0 Å². The molecule has 1 aliphatic heterocycles. The van der Waals surface area contributed by atoms with E-state index in [4.69, 9.17) is 10.5 Å². The van der Waals surface area contributed by atoms with Gasteiger partial charge in [-0.15, -0.1) is 0 Å². The number of hydrogen-bond acceptors (Lipinski definition) is 2. The zero-order valence-electron chi connectivity index (χ0n) is 9.83. The third kappa shape index (κ3) is 3.27. The van der Waals surface area contributed by atoms with Gasteiger partial charge in [-0.1, -0.05) is 22.9 Å². The molecule has 1 heterocycles. The maximum atomic E-state index is 13.2. The van der Waals surface area contributed by atoms with Gasteiger partial charge in [0.25, 0.3) is 0 Å². The van der Waals surface area contributed by atoms with Crippen molar-refractivity contribution in [3.63, 3.8) is 0 Å². The minimum absolute atomic E-state index is 0.0683. The van der Waals surface area contributed by atoms with Crippen LogP contribution in [0.5, 0.6) is 0 Å². The molecule has 3 unspecified atom stereocenters. The van der Waals surface area contributed by atoms with Gasteiger partial charge in [0.15, 0.2) is 0 Å². The van der Waals surface area contributed by atoms with Crippen molar-refractivity contribution in [3.8, 4) is 0 Å². The Labute approximate surface area is 109 Å². The van der Waals surface area contributed by atoms with Gasteiger partial charge < -0.3 is 10.5 Å². The second-order valence-electron chi connectivity index (χ2n) is 4.75. The molecule has 0 aliphatic carbocycles. The molecule has 0 spiro atoms. The van der Waals surface area contributed by atoms with E-state index in [1.165, 1.54) is 12.1 Å². The molecule has 17 heavy (non-hydrogen) atoms. The van der Waals surface area contributed by atoms with E-state index >= 15 is 0 Å². The highest BCUT2D eigenvalue weighted by atomic mass is 79.9. The van der Waals surface area contributed by atoms with E-state index < -0.39 is 0 Å². The summed E-state index contributed by atoms with van der Waals surface area (Å²) in [7, 11) is 0. The number of hydrogen-bond donors (Lipinski definition) is 1. The fourth-order valence-electron chi connectivity index (χ4n) is 2.38. The highest BCUT2D eigenvalue weighted by Crippen LogP contribution is 2.24. The van der Waals surface area contributed by atoms with Crippen molar-refractivity contribution in [2.45, 2.75) is 31.9 Å². The molecule has 0 amide bonds. The van der Waals surface area contributed by atoms with E-state index in [2.05, 4.69) is 22.9 Å². The van der Waals surface area contributed by atoms with Gasteiger partial charge in [0.1, 0.15) is 5.82 Å². The minimum Gasteiger partial charge on any atom is -0.376 e. The summed E-state index contributed by atoms with van der Waals surface area (Å²) in [4.78, 5) is 0. The Morgan fingerprint density at radius 2 is 2.29 bits per heavy atom. The summed E-state index contributed by atoms with van der Waals surface area (Å²) in [5, 5.41) is 0. The van der Waals surface area contributed by atoms with Crippen molar-refractivity contribution in [1.29, 1.82) is 0 Å². The minimum atomic E-state index is -0.234. The standard InChI is InChI=1S/C13H17BrFNO/c1-8-2-3-17-13(8)12(16)6-9-4-10(14)7-11(15)5-9/h4-5,7-8,12-13H,2-3,6,16H2,1H3. The molecule has 1 saturated heterocycles. The molecule has 1 aromatic rings. The Balaban J connectivity index is 2.04. The van der Waals surface area contributed by atoms with Gasteiger partial charge in [0, 0.05) is 17.1 Å². The third-order valence-corrected chi connectivity index (χ3v) is 3.72. The maximum absolute atomic E-state index is 13.2. The zero-order valence-corrected chi connectivity index (χ0v) is 11.4. The lowest BCUT2D eigenvalue weighted by atomic mass is 9.93. The molecule has 2 N–H and O–H groups in total. The monoisotopic (exact) mass is 301 g/mol. The van der Waals surface area contributed by atoms with Crippen molar-refractivity contribution in [2.24, 2.45) is 11.7 Å². The molecular formula is C13H17BrFNO. The van der Waals surface area contributed by atoms with Crippen molar-refractivity contribution < 1.29 is 9.13 Å². The van der Waals surface area contributed by atoms with Crippen molar-refractivity contribution in [2.75, 3.05) is 6.61 Å². The van der Waals surface area contributed by atoms with Crippen LogP contribution in [-0.2, 0) is 11.2 Å². The Morgan fingerprint density at radius 3 is 2.88 bits per heavy atom. The number of benzene rings is 1. The molecule has 2 rings (SSSR count). The largest absolute Gasteiger partial charge is 0.376 e. The molecular weight excluding hydrogens is 285 g/mol. The molecule has 94 valence electrons. The predicted octanol–water partition coefficient (Wildman–Crippen LogP) is 2.88. The third-order valence-electron chi connectivity index (χ3n) is 3.26. The normalized spacial score (nSPS) is 26.1. The molecule has 4 heteroatoms. The van der Waals surface area contributed by atoms with Gasteiger partial charge in [0.2, 0.25) is 0 Å². The lowest BCUT2D eigenvalue weighted by molar-refractivity contribution is 0.0726. The summed E-state index contributed by atoms with van der Waals surface area (Å²) in [5.74, 6) is 0.254. The fourth-order valence-corrected chi connectivity index (χ4v) is 2.89. The first-order valence-electron chi connectivity index (χ1n) is 5.88. The van der Waals surface area contributed by atoms with E-state index in [1.807, 2.05) is 6.07 Å². The average Bonchev–Trinajstić information content (AvgIpc) is 2.62. The molecule has 1 aliphatic rings. The topological polar surface area (TPSA) is 35.2 Å². The highest BCUT2D eigenvalue weighted by molar-refractivity contribution is 9.10. The lowest BCUT2D eigenvalue weighted by Crippen LogP contribution is -2.39. The van der Waals surface area contributed by atoms with Crippen molar-refractivity contribution >= 4 is 15.9 Å².